The number of benzene rings is 1. The molecule has 1 aliphatic heterocycles. The summed E-state index contributed by atoms with van der Waals surface area (Å²) in [5.74, 6) is 2.07. The van der Waals surface area contributed by atoms with Crippen molar-refractivity contribution in [3.63, 3.8) is 0 Å². The Morgan fingerprint density at radius 1 is 1.22 bits per heavy atom. The van der Waals surface area contributed by atoms with Gasteiger partial charge in [-0.2, -0.15) is 0 Å². The number of rotatable bonds is 4. The van der Waals surface area contributed by atoms with E-state index in [0.29, 0.717) is 6.04 Å². The number of hydrogen-bond donors (Lipinski definition) is 0. The molecule has 0 amide bonds. The first kappa shape index (κ1) is 13.5. The summed E-state index contributed by atoms with van der Waals surface area (Å²) >= 11 is 1.91. The average molecular weight is 263 g/mol. The van der Waals surface area contributed by atoms with Gasteiger partial charge in [0, 0.05) is 12.3 Å². The minimum absolute atomic E-state index is 0.429. The topological polar surface area (TPSA) is 12.5 Å². The highest BCUT2D eigenvalue weighted by Gasteiger charge is 2.20. The summed E-state index contributed by atoms with van der Waals surface area (Å²) in [6, 6.07) is 10.5. The normalized spacial score (nSPS) is 18.8. The van der Waals surface area contributed by atoms with E-state index in [-0.39, 0.29) is 0 Å². The Kier molecular flexibility index (Phi) is 4.72. The molecule has 98 valence electrons. The van der Waals surface area contributed by atoms with Gasteiger partial charge in [0.15, 0.2) is 0 Å². The van der Waals surface area contributed by atoms with Crippen molar-refractivity contribution in [1.82, 2.24) is 4.31 Å². The standard InChI is InChI=1S/C15H21NOS/c1-12-9-16(18-11-13(12)2)14(3)10-17-15-7-5-4-6-8-15/h4-8,14H,9-11H2,1-3H3. The molecule has 1 heterocycles. The monoisotopic (exact) mass is 263 g/mol. The largest absolute Gasteiger partial charge is 0.492 e. The third-order valence-corrected chi connectivity index (χ3v) is 4.68. The number of nitrogens with zero attached hydrogens (tertiary/aromatic N) is 1. The third kappa shape index (κ3) is 3.53. The second-order valence-electron chi connectivity index (χ2n) is 4.88. The van der Waals surface area contributed by atoms with E-state index in [4.69, 9.17) is 4.74 Å². The highest BCUT2D eigenvalue weighted by atomic mass is 32.2. The molecule has 18 heavy (non-hydrogen) atoms. The van der Waals surface area contributed by atoms with E-state index in [0.717, 1.165) is 24.7 Å². The van der Waals surface area contributed by atoms with Crippen LogP contribution in [0.3, 0.4) is 0 Å². The summed E-state index contributed by atoms with van der Waals surface area (Å²) in [5, 5.41) is 0. The fourth-order valence-corrected chi connectivity index (χ4v) is 3.02. The molecule has 0 aliphatic carbocycles. The first-order valence-electron chi connectivity index (χ1n) is 6.39. The fourth-order valence-electron chi connectivity index (χ4n) is 1.82. The van der Waals surface area contributed by atoms with Crippen molar-refractivity contribution in [3.05, 3.63) is 41.5 Å². The summed E-state index contributed by atoms with van der Waals surface area (Å²) in [6.45, 7) is 8.47. The van der Waals surface area contributed by atoms with Crippen LogP contribution in [0.25, 0.3) is 0 Å². The molecule has 0 N–H and O–H groups in total. The molecule has 0 saturated carbocycles. The molecule has 1 aliphatic rings. The van der Waals surface area contributed by atoms with Gasteiger partial charge in [0.25, 0.3) is 0 Å². The molecular weight excluding hydrogens is 242 g/mol. The Balaban J connectivity index is 1.84. The van der Waals surface area contributed by atoms with E-state index in [2.05, 4.69) is 25.1 Å². The van der Waals surface area contributed by atoms with Crippen LogP contribution in [0.4, 0.5) is 0 Å². The van der Waals surface area contributed by atoms with E-state index < -0.39 is 0 Å². The Morgan fingerprint density at radius 3 is 2.61 bits per heavy atom. The molecule has 1 atom stereocenters. The molecule has 1 aromatic rings. The van der Waals surface area contributed by atoms with Gasteiger partial charge in [-0.1, -0.05) is 41.3 Å². The van der Waals surface area contributed by atoms with Crippen molar-refractivity contribution in [2.24, 2.45) is 0 Å². The number of ether oxygens (including phenoxy) is 1. The smallest absolute Gasteiger partial charge is 0.119 e. The lowest BCUT2D eigenvalue weighted by molar-refractivity contribution is 0.231. The number of hydrogen-bond acceptors (Lipinski definition) is 3. The molecule has 0 radical (unpaired) electrons. The zero-order valence-corrected chi connectivity index (χ0v) is 12.2. The Hall–Kier alpha value is -0.930. The van der Waals surface area contributed by atoms with Gasteiger partial charge in [0.1, 0.15) is 12.4 Å². The first-order valence-corrected chi connectivity index (χ1v) is 7.33. The Labute approximate surface area is 114 Å². The van der Waals surface area contributed by atoms with Gasteiger partial charge in [-0.15, -0.1) is 0 Å². The molecule has 3 heteroatoms. The van der Waals surface area contributed by atoms with Crippen molar-refractivity contribution in [2.75, 3.05) is 18.9 Å². The van der Waals surface area contributed by atoms with Gasteiger partial charge in [-0.25, -0.2) is 4.31 Å². The van der Waals surface area contributed by atoms with Crippen molar-refractivity contribution in [3.8, 4) is 5.75 Å². The van der Waals surface area contributed by atoms with Gasteiger partial charge in [0.2, 0.25) is 0 Å². The summed E-state index contributed by atoms with van der Waals surface area (Å²) in [4.78, 5) is 0. The highest BCUT2D eigenvalue weighted by Crippen LogP contribution is 2.26. The first-order chi connectivity index (χ1) is 8.66. The summed E-state index contributed by atoms with van der Waals surface area (Å²) in [5.41, 5.74) is 3.02. The molecule has 2 nitrogen and oxygen atoms in total. The SMILES string of the molecule is CC1=C(C)CN(C(C)COc2ccccc2)SC1. The maximum atomic E-state index is 5.81. The second kappa shape index (κ2) is 6.30. The summed E-state index contributed by atoms with van der Waals surface area (Å²) in [7, 11) is 0. The molecule has 0 spiro atoms. The van der Waals surface area contributed by atoms with Crippen LogP contribution in [-0.4, -0.2) is 29.3 Å². The van der Waals surface area contributed by atoms with Crippen LogP contribution in [0.1, 0.15) is 20.8 Å². The molecule has 0 bridgehead atoms. The molecular formula is C15H21NOS. The number of para-hydroxylation sites is 1. The lowest BCUT2D eigenvalue weighted by Crippen LogP contribution is -2.35. The minimum atomic E-state index is 0.429. The van der Waals surface area contributed by atoms with Gasteiger partial charge >= 0.3 is 0 Å². The summed E-state index contributed by atoms with van der Waals surface area (Å²) < 4.78 is 8.23. The van der Waals surface area contributed by atoms with Crippen LogP contribution in [0, 0.1) is 0 Å². The van der Waals surface area contributed by atoms with Gasteiger partial charge in [0.05, 0.1) is 6.04 Å². The lowest BCUT2D eigenvalue weighted by atomic mass is 10.1. The van der Waals surface area contributed by atoms with E-state index in [1.54, 1.807) is 0 Å². The maximum Gasteiger partial charge on any atom is 0.119 e. The van der Waals surface area contributed by atoms with E-state index in [9.17, 15) is 0 Å². The summed E-state index contributed by atoms with van der Waals surface area (Å²) in [6.07, 6.45) is 0. The van der Waals surface area contributed by atoms with Gasteiger partial charge in [-0.05, 0) is 32.9 Å². The molecule has 0 aromatic heterocycles. The predicted octanol–water partition coefficient (Wildman–Crippen LogP) is 3.75. The third-order valence-electron chi connectivity index (χ3n) is 3.29. The zero-order chi connectivity index (χ0) is 13.0. The van der Waals surface area contributed by atoms with E-state index in [1.807, 2.05) is 42.3 Å². The van der Waals surface area contributed by atoms with Crippen LogP contribution < -0.4 is 4.74 Å². The zero-order valence-electron chi connectivity index (χ0n) is 11.3. The van der Waals surface area contributed by atoms with Gasteiger partial charge in [-0.3, -0.25) is 0 Å². The molecule has 0 saturated heterocycles. The van der Waals surface area contributed by atoms with Crippen LogP contribution in [0.15, 0.2) is 41.5 Å². The lowest BCUT2D eigenvalue weighted by Gasteiger charge is -2.32. The Bertz CT molecular complexity index is 416. The van der Waals surface area contributed by atoms with Gasteiger partial charge < -0.3 is 4.74 Å². The fraction of sp³-hybridized carbons (Fsp3) is 0.467. The highest BCUT2D eigenvalue weighted by molar-refractivity contribution is 7.97. The molecule has 1 unspecified atom stereocenters. The van der Waals surface area contributed by atoms with E-state index >= 15 is 0 Å². The average Bonchev–Trinajstić information content (AvgIpc) is 2.40. The van der Waals surface area contributed by atoms with E-state index in [1.165, 1.54) is 11.1 Å². The van der Waals surface area contributed by atoms with Crippen LogP contribution in [-0.2, 0) is 0 Å². The van der Waals surface area contributed by atoms with Crippen molar-refractivity contribution in [2.45, 2.75) is 26.8 Å². The minimum Gasteiger partial charge on any atom is -0.492 e. The van der Waals surface area contributed by atoms with Crippen molar-refractivity contribution in [1.29, 1.82) is 0 Å². The van der Waals surface area contributed by atoms with Crippen LogP contribution in [0.5, 0.6) is 5.75 Å². The molecule has 0 fully saturated rings. The maximum absolute atomic E-state index is 5.81. The molecule has 1 aromatic carbocycles. The molecule has 2 rings (SSSR count). The predicted molar refractivity (Wildman–Crippen MR) is 78.9 cm³/mol. The van der Waals surface area contributed by atoms with Crippen LogP contribution >= 0.6 is 11.9 Å². The van der Waals surface area contributed by atoms with Crippen molar-refractivity contribution >= 4 is 11.9 Å². The van der Waals surface area contributed by atoms with Crippen molar-refractivity contribution < 1.29 is 4.74 Å². The van der Waals surface area contributed by atoms with Crippen LogP contribution in [0.2, 0.25) is 0 Å². The second-order valence-corrected chi connectivity index (χ2v) is 5.90. The quantitative estimate of drug-likeness (QED) is 0.606. The Morgan fingerprint density at radius 2 is 1.94 bits per heavy atom.